The smallest absolute Gasteiger partial charge is 0.0959 e. The highest BCUT2D eigenvalue weighted by molar-refractivity contribution is 7.80. The predicted octanol–water partition coefficient (Wildman–Crippen LogP) is 11.5. The highest BCUT2D eigenvalue weighted by atomic mass is 32.1. The van der Waals surface area contributed by atoms with Gasteiger partial charge in [-0.1, -0.05) is 140 Å². The molecule has 0 bridgehead atoms. The van der Waals surface area contributed by atoms with Crippen molar-refractivity contribution in [1.29, 1.82) is 0 Å². The highest BCUT2D eigenvalue weighted by Crippen LogP contribution is 2.45. The topological polar surface area (TPSA) is 17.8 Å². The third-order valence-corrected chi connectivity index (χ3v) is 9.81. The van der Waals surface area contributed by atoms with Crippen LogP contribution in [0.15, 0.2) is 146 Å². The Balaban J connectivity index is 1.32. The molecule has 2 unspecified atom stereocenters. The first-order chi connectivity index (χ1) is 22.1. The Morgan fingerprint density at radius 3 is 2.00 bits per heavy atom. The van der Waals surface area contributed by atoms with E-state index in [0.717, 1.165) is 17.5 Å². The molecule has 2 aromatic heterocycles. The fourth-order valence-corrected chi connectivity index (χ4v) is 7.53. The Morgan fingerprint density at radius 2 is 1.38 bits per heavy atom. The van der Waals surface area contributed by atoms with Crippen molar-refractivity contribution in [1.82, 2.24) is 9.55 Å². The van der Waals surface area contributed by atoms with Crippen LogP contribution in [0.25, 0.3) is 59.8 Å². The molecule has 1 aliphatic carbocycles. The number of fused-ring (bicyclic) bond motifs is 7. The molecule has 5 aromatic carbocycles. The van der Waals surface area contributed by atoms with Gasteiger partial charge in [0.05, 0.1) is 22.1 Å². The fraction of sp³-hybridized carbons (Fsp3) is 0.119. The summed E-state index contributed by atoms with van der Waals surface area (Å²) in [5.74, 6) is 0. The summed E-state index contributed by atoms with van der Waals surface area (Å²) in [6.45, 7) is 4.41. The van der Waals surface area contributed by atoms with Crippen LogP contribution < -0.4 is 0 Å². The van der Waals surface area contributed by atoms with E-state index in [0.29, 0.717) is 0 Å². The molecule has 1 aliphatic rings. The van der Waals surface area contributed by atoms with Crippen LogP contribution in [0.4, 0.5) is 0 Å². The number of aromatic nitrogens is 2. The van der Waals surface area contributed by atoms with Crippen LogP contribution in [0.1, 0.15) is 36.9 Å². The van der Waals surface area contributed by atoms with Crippen LogP contribution in [-0.2, 0) is 5.41 Å². The van der Waals surface area contributed by atoms with Crippen LogP contribution in [0.5, 0.6) is 0 Å². The molecule has 2 atom stereocenters. The molecule has 2 nitrogen and oxygen atoms in total. The van der Waals surface area contributed by atoms with Crippen LogP contribution >= 0.6 is 12.6 Å². The van der Waals surface area contributed by atoms with Crippen molar-refractivity contribution in [3.05, 3.63) is 157 Å². The molecule has 0 amide bonds. The SMILES string of the molecule is C/C=C\C=C/C(S)n1c(C2=CCC(C)(c3c4ccc5ccccc5c4nc4c3ccc3ccccc34)C=C2)cc2ccccc21. The quantitative estimate of drug-likeness (QED) is 0.0903. The normalized spacial score (nSPS) is 17.9. The molecule has 45 heavy (non-hydrogen) atoms. The Labute approximate surface area is 269 Å². The second-order valence-electron chi connectivity index (χ2n) is 12.2. The molecule has 7 aromatic rings. The number of hydrogen-bond acceptors (Lipinski definition) is 2. The van der Waals surface area contributed by atoms with E-state index < -0.39 is 0 Å². The van der Waals surface area contributed by atoms with Crippen molar-refractivity contribution in [2.75, 3.05) is 0 Å². The molecule has 218 valence electrons. The monoisotopic (exact) mass is 598 g/mol. The first-order valence-corrected chi connectivity index (χ1v) is 16.2. The van der Waals surface area contributed by atoms with Gasteiger partial charge in [0.1, 0.15) is 0 Å². The van der Waals surface area contributed by atoms with Crippen LogP contribution in [0.2, 0.25) is 0 Å². The number of nitrogens with zero attached hydrogens (tertiary/aromatic N) is 2. The second kappa shape index (κ2) is 10.9. The Hall–Kier alpha value is -4.86. The van der Waals surface area contributed by atoms with E-state index >= 15 is 0 Å². The van der Waals surface area contributed by atoms with Crippen LogP contribution in [0.3, 0.4) is 0 Å². The average molecular weight is 599 g/mol. The van der Waals surface area contributed by atoms with Crippen molar-refractivity contribution < 1.29 is 0 Å². The van der Waals surface area contributed by atoms with E-state index in [-0.39, 0.29) is 10.8 Å². The van der Waals surface area contributed by atoms with Crippen molar-refractivity contribution in [2.45, 2.75) is 31.1 Å². The van der Waals surface area contributed by atoms with E-state index in [1.165, 1.54) is 60.1 Å². The van der Waals surface area contributed by atoms with E-state index in [1.54, 1.807) is 0 Å². The van der Waals surface area contributed by atoms with E-state index in [9.17, 15) is 0 Å². The van der Waals surface area contributed by atoms with Crippen LogP contribution in [-0.4, -0.2) is 9.55 Å². The number of thiol groups is 1. The van der Waals surface area contributed by atoms with Gasteiger partial charge in [-0.15, -0.1) is 12.6 Å². The van der Waals surface area contributed by atoms with Gasteiger partial charge >= 0.3 is 0 Å². The van der Waals surface area contributed by atoms with E-state index in [2.05, 4.69) is 151 Å². The molecule has 0 N–H and O–H groups in total. The lowest BCUT2D eigenvalue weighted by Crippen LogP contribution is -2.22. The summed E-state index contributed by atoms with van der Waals surface area (Å²) in [7, 11) is 0. The number of para-hydroxylation sites is 1. The first-order valence-electron chi connectivity index (χ1n) is 15.7. The fourth-order valence-electron chi connectivity index (χ4n) is 7.18. The number of pyridine rings is 1. The molecule has 0 aliphatic heterocycles. The van der Waals surface area contributed by atoms with Gasteiger partial charge in [0.25, 0.3) is 0 Å². The van der Waals surface area contributed by atoms with Crippen molar-refractivity contribution in [2.24, 2.45) is 0 Å². The lowest BCUT2D eigenvalue weighted by molar-refractivity contribution is 0.611. The molecule has 0 saturated carbocycles. The minimum atomic E-state index is -0.225. The van der Waals surface area contributed by atoms with Crippen LogP contribution in [0, 0.1) is 0 Å². The van der Waals surface area contributed by atoms with Gasteiger partial charge in [0, 0.05) is 37.9 Å². The van der Waals surface area contributed by atoms with Gasteiger partial charge in [-0.3, -0.25) is 0 Å². The highest BCUT2D eigenvalue weighted by Gasteiger charge is 2.31. The van der Waals surface area contributed by atoms with E-state index in [1.807, 2.05) is 13.0 Å². The Bertz CT molecular complexity index is 2310. The minimum absolute atomic E-state index is 0.0895. The summed E-state index contributed by atoms with van der Waals surface area (Å²) in [5, 5.41) is 8.39. The van der Waals surface area contributed by atoms with Gasteiger partial charge < -0.3 is 4.57 Å². The third kappa shape index (κ3) is 4.53. The number of hydrogen-bond donors (Lipinski definition) is 1. The second-order valence-corrected chi connectivity index (χ2v) is 12.8. The zero-order chi connectivity index (χ0) is 30.5. The van der Waals surface area contributed by atoms with Crippen molar-refractivity contribution in [3.8, 4) is 0 Å². The molecule has 2 heterocycles. The number of rotatable bonds is 5. The van der Waals surface area contributed by atoms with E-state index in [4.69, 9.17) is 17.6 Å². The molecular weight excluding hydrogens is 565 g/mol. The predicted molar refractivity (Wildman–Crippen MR) is 197 cm³/mol. The van der Waals surface area contributed by atoms with Crippen molar-refractivity contribution >= 4 is 72.5 Å². The summed E-state index contributed by atoms with van der Waals surface area (Å²) in [6.07, 6.45) is 16.3. The number of allylic oxidation sites excluding steroid dienone is 7. The summed E-state index contributed by atoms with van der Waals surface area (Å²) in [4.78, 5) is 5.41. The lowest BCUT2D eigenvalue weighted by atomic mass is 9.72. The molecule has 8 rings (SSSR count). The third-order valence-electron chi connectivity index (χ3n) is 9.41. The van der Waals surface area contributed by atoms with Crippen molar-refractivity contribution in [3.63, 3.8) is 0 Å². The maximum Gasteiger partial charge on any atom is 0.0959 e. The lowest BCUT2D eigenvalue weighted by Gasteiger charge is -2.32. The van der Waals surface area contributed by atoms with Gasteiger partial charge in [0.15, 0.2) is 0 Å². The average Bonchev–Trinajstić information content (AvgIpc) is 3.47. The molecule has 0 radical (unpaired) electrons. The maximum absolute atomic E-state index is 5.41. The molecule has 3 heteroatoms. The van der Waals surface area contributed by atoms with Gasteiger partial charge in [-0.25, -0.2) is 4.98 Å². The Kier molecular flexibility index (Phi) is 6.73. The molecule has 0 saturated heterocycles. The van der Waals surface area contributed by atoms with Gasteiger partial charge in [-0.2, -0.15) is 0 Å². The summed E-state index contributed by atoms with van der Waals surface area (Å²) in [6, 6.07) is 37.2. The summed E-state index contributed by atoms with van der Waals surface area (Å²) < 4.78 is 2.34. The largest absolute Gasteiger partial charge is 0.325 e. The number of benzene rings is 5. The van der Waals surface area contributed by atoms with Gasteiger partial charge in [0.2, 0.25) is 0 Å². The summed E-state index contributed by atoms with van der Waals surface area (Å²) >= 11 is 5.04. The molecule has 0 spiro atoms. The Morgan fingerprint density at radius 1 is 0.756 bits per heavy atom. The molecular formula is C42H34N2S. The zero-order valence-electron chi connectivity index (χ0n) is 25.5. The van der Waals surface area contributed by atoms with Gasteiger partial charge in [-0.05, 0) is 47.4 Å². The maximum atomic E-state index is 5.41. The standard InChI is InChI=1S/C42H34N2S/c1-3-4-5-18-38(45)44-36-17-11-8-14-31(36)27-37(44)30-23-25-42(2,26-24-30)39-34-21-19-28-12-6-9-15-32(28)40(34)43-41-33-16-10-7-13-29(33)20-22-35(39)41/h3-25,27,38,45H,26H2,1-2H3/b4-3-,18-5-. The molecule has 0 fully saturated rings. The summed E-state index contributed by atoms with van der Waals surface area (Å²) in [5.41, 5.74) is 6.85. The zero-order valence-corrected chi connectivity index (χ0v) is 26.4. The minimum Gasteiger partial charge on any atom is -0.325 e. The first kappa shape index (κ1) is 27.7.